The van der Waals surface area contributed by atoms with Gasteiger partial charge in [0.2, 0.25) is 0 Å². The standard InChI is InChI=1S/C12H11BrO2/c1-3-8-14-12(2)11(15-12)9-6-4-5-7-10(9)13/h1,4-7,11H,8H2,2H3/t11-,12-/m1/s1. The molecule has 0 unspecified atom stereocenters. The lowest BCUT2D eigenvalue weighted by Gasteiger charge is -2.06. The van der Waals surface area contributed by atoms with Crippen molar-refractivity contribution in [2.75, 3.05) is 6.61 Å². The first-order valence-corrected chi connectivity index (χ1v) is 5.46. The van der Waals surface area contributed by atoms with Gasteiger partial charge in [-0.2, -0.15) is 0 Å². The molecule has 2 rings (SSSR count). The molecule has 1 aromatic rings. The molecule has 0 N–H and O–H groups in total. The maximum Gasteiger partial charge on any atom is 0.198 e. The fourth-order valence-electron chi connectivity index (χ4n) is 1.53. The van der Waals surface area contributed by atoms with E-state index in [1.54, 1.807) is 0 Å². The average Bonchev–Trinajstić information content (AvgIpc) is 2.89. The molecule has 0 aliphatic carbocycles. The minimum Gasteiger partial charge on any atom is -0.334 e. The zero-order valence-corrected chi connectivity index (χ0v) is 9.95. The Bertz CT molecular complexity index is 410. The molecule has 78 valence electrons. The van der Waals surface area contributed by atoms with Gasteiger partial charge >= 0.3 is 0 Å². The van der Waals surface area contributed by atoms with Crippen LogP contribution in [0.2, 0.25) is 0 Å². The van der Waals surface area contributed by atoms with Crippen molar-refractivity contribution in [1.82, 2.24) is 0 Å². The van der Waals surface area contributed by atoms with Gasteiger partial charge in [0, 0.05) is 10.0 Å². The van der Waals surface area contributed by atoms with Gasteiger partial charge in [0.1, 0.15) is 12.7 Å². The van der Waals surface area contributed by atoms with Crippen LogP contribution in [0.4, 0.5) is 0 Å². The second kappa shape index (κ2) is 3.97. The predicted molar refractivity (Wildman–Crippen MR) is 61.2 cm³/mol. The fourth-order valence-corrected chi connectivity index (χ4v) is 2.02. The monoisotopic (exact) mass is 266 g/mol. The lowest BCUT2D eigenvalue weighted by Crippen LogP contribution is -2.12. The molecule has 1 saturated heterocycles. The largest absolute Gasteiger partial charge is 0.334 e. The second-order valence-corrected chi connectivity index (χ2v) is 4.38. The van der Waals surface area contributed by atoms with Crippen LogP contribution in [-0.2, 0) is 9.47 Å². The molecule has 0 saturated carbocycles. The summed E-state index contributed by atoms with van der Waals surface area (Å²) in [5, 5.41) is 0. The number of hydrogen-bond donors (Lipinski definition) is 0. The lowest BCUT2D eigenvalue weighted by molar-refractivity contribution is -0.0123. The van der Waals surface area contributed by atoms with Gasteiger partial charge in [0.25, 0.3) is 0 Å². The van der Waals surface area contributed by atoms with E-state index in [0.717, 1.165) is 10.0 Å². The van der Waals surface area contributed by atoms with Gasteiger partial charge in [0.15, 0.2) is 5.79 Å². The van der Waals surface area contributed by atoms with E-state index in [2.05, 4.69) is 21.9 Å². The zero-order chi connectivity index (χ0) is 10.9. The van der Waals surface area contributed by atoms with Gasteiger partial charge in [0.05, 0.1) is 0 Å². The van der Waals surface area contributed by atoms with Gasteiger partial charge in [-0.05, 0) is 13.0 Å². The van der Waals surface area contributed by atoms with Crippen molar-refractivity contribution < 1.29 is 9.47 Å². The highest BCUT2D eigenvalue weighted by Gasteiger charge is 2.55. The molecule has 15 heavy (non-hydrogen) atoms. The Morgan fingerprint density at radius 1 is 1.60 bits per heavy atom. The fraction of sp³-hybridized carbons (Fsp3) is 0.333. The van der Waals surface area contributed by atoms with Gasteiger partial charge in [-0.3, -0.25) is 0 Å². The van der Waals surface area contributed by atoms with E-state index >= 15 is 0 Å². The normalized spacial score (nSPS) is 28.5. The number of hydrogen-bond acceptors (Lipinski definition) is 2. The van der Waals surface area contributed by atoms with Crippen molar-refractivity contribution >= 4 is 15.9 Å². The minimum absolute atomic E-state index is 0.0265. The number of ether oxygens (including phenoxy) is 2. The van der Waals surface area contributed by atoms with Crippen molar-refractivity contribution in [2.45, 2.75) is 18.8 Å². The molecule has 1 heterocycles. The average molecular weight is 267 g/mol. The topological polar surface area (TPSA) is 21.8 Å². The molecular weight excluding hydrogens is 256 g/mol. The Morgan fingerprint density at radius 3 is 3.00 bits per heavy atom. The Kier molecular flexibility index (Phi) is 2.83. The van der Waals surface area contributed by atoms with Crippen LogP contribution in [0.25, 0.3) is 0 Å². The Balaban J connectivity index is 2.11. The highest BCUT2D eigenvalue weighted by atomic mass is 79.9. The van der Waals surface area contributed by atoms with Crippen LogP contribution in [-0.4, -0.2) is 12.4 Å². The maximum atomic E-state index is 5.53. The van der Waals surface area contributed by atoms with Gasteiger partial charge in [-0.1, -0.05) is 40.0 Å². The smallest absolute Gasteiger partial charge is 0.198 e. The molecule has 2 nitrogen and oxygen atoms in total. The summed E-state index contributed by atoms with van der Waals surface area (Å²) < 4.78 is 12.0. The molecule has 3 heteroatoms. The second-order valence-electron chi connectivity index (χ2n) is 3.53. The van der Waals surface area contributed by atoms with E-state index in [1.165, 1.54) is 0 Å². The molecule has 1 aliphatic heterocycles. The lowest BCUT2D eigenvalue weighted by atomic mass is 10.1. The van der Waals surface area contributed by atoms with Crippen LogP contribution in [0, 0.1) is 12.3 Å². The molecule has 1 fully saturated rings. The molecule has 0 radical (unpaired) electrons. The van der Waals surface area contributed by atoms with Crippen LogP contribution < -0.4 is 0 Å². The van der Waals surface area contributed by atoms with Crippen LogP contribution in [0.15, 0.2) is 28.7 Å². The number of terminal acetylenes is 1. The summed E-state index contributed by atoms with van der Waals surface area (Å²) in [7, 11) is 0. The first-order chi connectivity index (χ1) is 7.17. The molecule has 1 aliphatic rings. The van der Waals surface area contributed by atoms with Crippen molar-refractivity contribution in [3.63, 3.8) is 0 Å². The summed E-state index contributed by atoms with van der Waals surface area (Å²) in [5.74, 6) is 1.88. The molecule has 0 amide bonds. The van der Waals surface area contributed by atoms with Crippen molar-refractivity contribution in [2.24, 2.45) is 0 Å². The van der Waals surface area contributed by atoms with E-state index in [4.69, 9.17) is 15.9 Å². The summed E-state index contributed by atoms with van der Waals surface area (Å²) in [5.41, 5.74) is 1.09. The number of rotatable bonds is 3. The van der Waals surface area contributed by atoms with Gasteiger partial charge in [-0.25, -0.2) is 0 Å². The van der Waals surface area contributed by atoms with E-state index in [0.29, 0.717) is 0 Å². The molecule has 0 spiro atoms. The quantitative estimate of drug-likeness (QED) is 0.620. The van der Waals surface area contributed by atoms with Crippen molar-refractivity contribution in [3.8, 4) is 12.3 Å². The highest BCUT2D eigenvalue weighted by Crippen LogP contribution is 2.51. The highest BCUT2D eigenvalue weighted by molar-refractivity contribution is 9.10. The van der Waals surface area contributed by atoms with Crippen LogP contribution in [0.1, 0.15) is 18.6 Å². The Labute approximate surface area is 97.7 Å². The number of epoxide rings is 1. The van der Waals surface area contributed by atoms with Gasteiger partial charge < -0.3 is 9.47 Å². The Morgan fingerprint density at radius 2 is 2.33 bits per heavy atom. The molecular formula is C12H11BrO2. The predicted octanol–water partition coefficient (Wildman–Crippen LogP) is 2.89. The van der Waals surface area contributed by atoms with Crippen LogP contribution in [0.5, 0.6) is 0 Å². The SMILES string of the molecule is C#CCO[C@]1(C)O[C@@H]1c1ccccc1Br. The third kappa shape index (κ3) is 2.07. The van der Waals surface area contributed by atoms with E-state index in [-0.39, 0.29) is 12.7 Å². The molecule has 2 atom stereocenters. The summed E-state index contributed by atoms with van der Waals surface area (Å²) in [4.78, 5) is 0. The first-order valence-electron chi connectivity index (χ1n) is 4.67. The molecule has 0 aromatic heterocycles. The third-order valence-corrected chi connectivity index (χ3v) is 3.12. The molecule has 0 bridgehead atoms. The summed E-state index contributed by atoms with van der Waals surface area (Å²) >= 11 is 3.48. The summed E-state index contributed by atoms with van der Waals surface area (Å²) in [6.07, 6.45) is 5.11. The Hall–Kier alpha value is -0.820. The summed E-state index contributed by atoms with van der Waals surface area (Å²) in [6.45, 7) is 2.17. The number of halogens is 1. The van der Waals surface area contributed by atoms with E-state index < -0.39 is 5.79 Å². The number of benzene rings is 1. The summed E-state index contributed by atoms with van der Waals surface area (Å²) in [6, 6.07) is 7.94. The minimum atomic E-state index is -0.559. The van der Waals surface area contributed by atoms with Crippen molar-refractivity contribution in [3.05, 3.63) is 34.3 Å². The zero-order valence-electron chi connectivity index (χ0n) is 8.37. The van der Waals surface area contributed by atoms with Crippen molar-refractivity contribution in [1.29, 1.82) is 0 Å². The third-order valence-electron chi connectivity index (χ3n) is 2.40. The maximum absolute atomic E-state index is 5.53. The molecule has 1 aromatic carbocycles. The van der Waals surface area contributed by atoms with E-state index in [1.807, 2.05) is 31.2 Å². The van der Waals surface area contributed by atoms with Gasteiger partial charge in [-0.15, -0.1) is 6.42 Å². The van der Waals surface area contributed by atoms with Crippen LogP contribution in [0.3, 0.4) is 0 Å². The van der Waals surface area contributed by atoms with Crippen LogP contribution >= 0.6 is 15.9 Å². The van der Waals surface area contributed by atoms with E-state index in [9.17, 15) is 0 Å². The first kappa shape index (κ1) is 10.7.